The number of carbonyl (C=O) groups is 2. The molecule has 8 heteroatoms. The summed E-state index contributed by atoms with van der Waals surface area (Å²) in [6.07, 6.45) is -3.42. The lowest BCUT2D eigenvalue weighted by Gasteiger charge is -2.16. The quantitative estimate of drug-likeness (QED) is 0.237. The lowest BCUT2D eigenvalue weighted by Crippen LogP contribution is -2.19. The van der Waals surface area contributed by atoms with Crippen LogP contribution in [0.3, 0.4) is 0 Å². The normalized spacial score (nSPS) is 11.2. The van der Waals surface area contributed by atoms with Crippen LogP contribution in [0.2, 0.25) is 0 Å². The Morgan fingerprint density at radius 3 is 1.92 bits per heavy atom. The zero-order valence-electron chi connectivity index (χ0n) is 19.8. The van der Waals surface area contributed by atoms with Crippen molar-refractivity contribution in [3.8, 4) is 11.1 Å². The number of carbonyl (C=O) groups excluding carboxylic acids is 2. The van der Waals surface area contributed by atoms with E-state index in [9.17, 15) is 22.8 Å². The van der Waals surface area contributed by atoms with E-state index in [1.54, 1.807) is 78.9 Å². The van der Waals surface area contributed by atoms with Gasteiger partial charge >= 0.3 is 12.2 Å². The third kappa shape index (κ3) is 5.10. The van der Waals surface area contributed by atoms with Crippen LogP contribution in [0.15, 0.2) is 109 Å². The van der Waals surface area contributed by atoms with Crippen molar-refractivity contribution in [1.82, 2.24) is 4.98 Å². The van der Waals surface area contributed by atoms with Gasteiger partial charge in [-0.15, -0.1) is 0 Å². The number of ketones is 1. The first-order chi connectivity index (χ1) is 18.3. The maximum absolute atomic E-state index is 13.8. The summed E-state index contributed by atoms with van der Waals surface area (Å²) in [6, 6.07) is 27.3. The summed E-state index contributed by atoms with van der Waals surface area (Å²) >= 11 is 0. The number of benzene rings is 4. The van der Waals surface area contributed by atoms with Crippen molar-refractivity contribution in [3.05, 3.63) is 126 Å². The first-order valence-electron chi connectivity index (χ1n) is 11.6. The second-order valence-corrected chi connectivity index (χ2v) is 8.46. The molecule has 0 unspecified atom stereocenters. The molecule has 5 aromatic rings. The molecule has 5 rings (SSSR count). The number of hydrogen-bond donors (Lipinski definition) is 2. The minimum absolute atomic E-state index is 0.172. The van der Waals surface area contributed by atoms with E-state index in [0.717, 1.165) is 6.07 Å². The molecular formula is C30H20F3N3O2. The predicted molar refractivity (Wildman–Crippen MR) is 141 cm³/mol. The second kappa shape index (κ2) is 10.2. The van der Waals surface area contributed by atoms with Crippen molar-refractivity contribution in [3.63, 3.8) is 0 Å². The highest BCUT2D eigenvalue weighted by molar-refractivity contribution is 6.16. The zero-order chi connectivity index (χ0) is 26.7. The predicted octanol–water partition coefficient (Wildman–Crippen LogP) is 7.80. The number of alkyl halides is 3. The third-order valence-corrected chi connectivity index (χ3v) is 5.95. The Morgan fingerprint density at radius 1 is 0.684 bits per heavy atom. The molecule has 0 fully saturated rings. The molecule has 0 aliphatic rings. The number of para-hydroxylation sites is 2. The van der Waals surface area contributed by atoms with Crippen LogP contribution in [0.5, 0.6) is 0 Å². The summed E-state index contributed by atoms with van der Waals surface area (Å²) in [6.45, 7) is 0. The molecule has 1 heterocycles. The van der Waals surface area contributed by atoms with Crippen molar-refractivity contribution in [2.24, 2.45) is 0 Å². The molecule has 0 aliphatic heterocycles. The highest BCUT2D eigenvalue weighted by Crippen LogP contribution is 2.39. The average Bonchev–Trinajstić information content (AvgIpc) is 2.92. The van der Waals surface area contributed by atoms with Crippen LogP contribution in [0.4, 0.5) is 29.3 Å². The summed E-state index contributed by atoms with van der Waals surface area (Å²) < 4.78 is 41.3. The summed E-state index contributed by atoms with van der Waals surface area (Å²) in [5.41, 5.74) is 1.35. The summed E-state index contributed by atoms with van der Waals surface area (Å²) in [4.78, 5) is 29.9. The first kappa shape index (κ1) is 24.7. The second-order valence-electron chi connectivity index (χ2n) is 8.46. The number of nitrogens with zero attached hydrogens (tertiary/aromatic N) is 1. The highest BCUT2D eigenvalue weighted by atomic mass is 19.4. The Labute approximate surface area is 216 Å². The van der Waals surface area contributed by atoms with Crippen molar-refractivity contribution in [1.29, 1.82) is 0 Å². The van der Waals surface area contributed by atoms with Crippen LogP contribution in [-0.4, -0.2) is 16.8 Å². The van der Waals surface area contributed by atoms with Gasteiger partial charge in [0.15, 0.2) is 5.78 Å². The van der Waals surface area contributed by atoms with Crippen molar-refractivity contribution in [2.75, 3.05) is 10.6 Å². The van der Waals surface area contributed by atoms with E-state index < -0.39 is 17.8 Å². The molecule has 0 atom stereocenters. The molecule has 2 amide bonds. The summed E-state index contributed by atoms with van der Waals surface area (Å²) in [5, 5.41) is 5.63. The van der Waals surface area contributed by atoms with E-state index >= 15 is 0 Å². The number of rotatable bonds is 5. The van der Waals surface area contributed by atoms with Gasteiger partial charge < -0.3 is 10.6 Å². The number of nitrogens with one attached hydrogen (secondary N) is 2. The van der Waals surface area contributed by atoms with Crippen LogP contribution < -0.4 is 10.6 Å². The number of anilines is 2. The van der Waals surface area contributed by atoms with Gasteiger partial charge in [0.25, 0.3) is 0 Å². The van der Waals surface area contributed by atoms with Gasteiger partial charge in [-0.3, -0.25) is 9.78 Å². The monoisotopic (exact) mass is 511 g/mol. The Balaban J connectivity index is 1.56. The number of pyridine rings is 1. The van der Waals surface area contributed by atoms with Gasteiger partial charge in [-0.2, -0.15) is 13.2 Å². The molecular weight excluding hydrogens is 491 g/mol. The fraction of sp³-hybridized carbons (Fsp3) is 0.0333. The van der Waals surface area contributed by atoms with Crippen molar-refractivity contribution >= 4 is 34.1 Å². The van der Waals surface area contributed by atoms with E-state index in [-0.39, 0.29) is 22.2 Å². The van der Waals surface area contributed by atoms with Gasteiger partial charge in [-0.05, 0) is 35.9 Å². The van der Waals surface area contributed by atoms with E-state index in [2.05, 4.69) is 15.6 Å². The van der Waals surface area contributed by atoms with Gasteiger partial charge in [0.05, 0.1) is 11.1 Å². The van der Waals surface area contributed by atoms with E-state index in [1.807, 2.05) is 6.07 Å². The number of fused-ring (bicyclic) bond motifs is 1. The third-order valence-electron chi connectivity index (χ3n) is 5.95. The lowest BCUT2D eigenvalue weighted by molar-refractivity contribution is -0.136. The Bertz CT molecular complexity index is 1620. The average molecular weight is 512 g/mol. The highest BCUT2D eigenvalue weighted by Gasteiger charge is 2.34. The Hall–Kier alpha value is -4.98. The minimum atomic E-state index is -4.62. The number of hydrogen-bond acceptors (Lipinski definition) is 3. The molecule has 0 saturated heterocycles. The smallest absolute Gasteiger partial charge is 0.308 e. The number of aromatic nitrogens is 1. The van der Waals surface area contributed by atoms with Crippen LogP contribution in [0.25, 0.3) is 22.0 Å². The van der Waals surface area contributed by atoms with E-state index in [4.69, 9.17) is 0 Å². The zero-order valence-corrected chi connectivity index (χ0v) is 19.8. The molecule has 0 bridgehead atoms. The SMILES string of the molecule is O=C(Nc1ccccc1)Nc1ccc(-c2c(C(=O)c3ccccc3)cnc3c(C(F)(F)F)cccc23)cc1. The molecule has 0 radical (unpaired) electrons. The van der Waals surface area contributed by atoms with Crippen LogP contribution in [-0.2, 0) is 6.18 Å². The molecule has 0 spiro atoms. The molecule has 38 heavy (non-hydrogen) atoms. The molecule has 0 aliphatic carbocycles. The standard InChI is InChI=1S/C30H20F3N3O2/c31-30(32,33)25-13-7-12-23-26(24(18-34-27(23)25)28(37)20-8-3-1-4-9-20)19-14-16-22(17-15-19)36-29(38)35-21-10-5-2-6-11-21/h1-18H,(H2,35,36,38). The summed E-state index contributed by atoms with van der Waals surface area (Å²) in [7, 11) is 0. The number of amides is 2. The van der Waals surface area contributed by atoms with Crippen LogP contribution in [0, 0.1) is 0 Å². The molecule has 1 aromatic heterocycles. The van der Waals surface area contributed by atoms with Gasteiger partial charge in [-0.1, -0.05) is 72.8 Å². The van der Waals surface area contributed by atoms with Crippen molar-refractivity contribution < 1.29 is 22.8 Å². The maximum Gasteiger partial charge on any atom is 0.418 e. The van der Waals surface area contributed by atoms with Crippen LogP contribution >= 0.6 is 0 Å². The molecule has 0 saturated carbocycles. The van der Waals surface area contributed by atoms with Crippen LogP contribution in [0.1, 0.15) is 21.5 Å². The largest absolute Gasteiger partial charge is 0.418 e. The Morgan fingerprint density at radius 2 is 1.29 bits per heavy atom. The van der Waals surface area contributed by atoms with E-state index in [1.165, 1.54) is 18.3 Å². The Kier molecular flexibility index (Phi) is 6.62. The maximum atomic E-state index is 13.8. The van der Waals surface area contributed by atoms with Crippen molar-refractivity contribution in [2.45, 2.75) is 6.18 Å². The molecule has 5 nitrogen and oxygen atoms in total. The number of urea groups is 1. The van der Waals surface area contributed by atoms with Gasteiger partial charge in [0, 0.05) is 39.6 Å². The van der Waals surface area contributed by atoms with Gasteiger partial charge in [0.1, 0.15) is 0 Å². The molecule has 188 valence electrons. The minimum Gasteiger partial charge on any atom is -0.308 e. The molecule has 4 aromatic carbocycles. The summed E-state index contributed by atoms with van der Waals surface area (Å²) in [5.74, 6) is -0.364. The van der Waals surface area contributed by atoms with E-state index in [0.29, 0.717) is 28.1 Å². The lowest BCUT2D eigenvalue weighted by atomic mass is 9.91. The topological polar surface area (TPSA) is 71.1 Å². The molecule has 2 N–H and O–H groups in total. The van der Waals surface area contributed by atoms with Gasteiger partial charge in [-0.25, -0.2) is 4.79 Å². The number of halogens is 3. The fourth-order valence-corrected chi connectivity index (χ4v) is 4.22. The van der Waals surface area contributed by atoms with Gasteiger partial charge in [0.2, 0.25) is 0 Å². The first-order valence-corrected chi connectivity index (χ1v) is 11.6. The fourth-order valence-electron chi connectivity index (χ4n) is 4.22.